The predicted octanol–water partition coefficient (Wildman–Crippen LogP) is 0.930. The van der Waals surface area contributed by atoms with E-state index in [1.807, 2.05) is 41.1 Å². The number of hydrogen-bond acceptors (Lipinski definition) is 3. The van der Waals surface area contributed by atoms with E-state index < -0.39 is 6.10 Å². The molecule has 1 aromatic carbocycles. The molecular weight excluding hydrogens is 242 g/mol. The van der Waals surface area contributed by atoms with Crippen molar-refractivity contribution >= 4 is 5.91 Å². The molecule has 1 amide bonds. The number of imidazole rings is 1. The maximum absolute atomic E-state index is 11.6. The first-order valence-electron chi connectivity index (χ1n) is 6.30. The largest absolute Gasteiger partial charge is 0.366 e. The van der Waals surface area contributed by atoms with Gasteiger partial charge in [0.2, 0.25) is 5.91 Å². The second-order valence-electron chi connectivity index (χ2n) is 4.46. The van der Waals surface area contributed by atoms with Gasteiger partial charge in [-0.05, 0) is 12.1 Å². The summed E-state index contributed by atoms with van der Waals surface area (Å²) in [6.07, 6.45) is 3.77. The summed E-state index contributed by atoms with van der Waals surface area (Å²) in [7, 11) is 0. The number of benzene rings is 1. The molecule has 3 rings (SSSR count). The average Bonchev–Trinajstić information content (AvgIpc) is 2.91. The summed E-state index contributed by atoms with van der Waals surface area (Å²) in [5.74, 6) is -0.0551. The molecule has 1 aromatic heterocycles. The minimum absolute atomic E-state index is 0.0551. The number of para-hydroxylation sites is 1. The van der Waals surface area contributed by atoms with Crippen LogP contribution in [0, 0.1) is 0 Å². The highest BCUT2D eigenvalue weighted by molar-refractivity contribution is 5.81. The molecule has 0 saturated carbocycles. The van der Waals surface area contributed by atoms with E-state index in [2.05, 4.69) is 10.3 Å². The third kappa shape index (κ3) is 2.66. The lowest BCUT2D eigenvalue weighted by Gasteiger charge is -2.21. The van der Waals surface area contributed by atoms with Gasteiger partial charge in [-0.3, -0.25) is 4.79 Å². The van der Waals surface area contributed by atoms with Gasteiger partial charge in [0.15, 0.2) is 0 Å². The molecule has 0 aliphatic carbocycles. The molecule has 19 heavy (non-hydrogen) atoms. The fraction of sp³-hybridized carbons (Fsp3) is 0.286. The summed E-state index contributed by atoms with van der Waals surface area (Å²) in [5.41, 5.74) is 1.90. The number of nitrogens with zero attached hydrogens (tertiary/aromatic N) is 2. The summed E-state index contributed by atoms with van der Waals surface area (Å²) in [6.45, 7) is 1.16. The SMILES string of the molecule is O=C1NCCOC1Cc1cn(-c2ccccc2)cn1. The maximum atomic E-state index is 11.6. The van der Waals surface area contributed by atoms with Crippen molar-refractivity contribution in [2.24, 2.45) is 0 Å². The molecule has 0 bridgehead atoms. The van der Waals surface area contributed by atoms with Crippen LogP contribution in [0.3, 0.4) is 0 Å². The van der Waals surface area contributed by atoms with Crippen molar-refractivity contribution in [2.45, 2.75) is 12.5 Å². The van der Waals surface area contributed by atoms with E-state index in [-0.39, 0.29) is 5.91 Å². The Bertz CT molecular complexity index is 565. The normalized spacial score (nSPS) is 19.2. The number of rotatable bonds is 3. The molecule has 98 valence electrons. The van der Waals surface area contributed by atoms with E-state index in [1.165, 1.54) is 0 Å². The summed E-state index contributed by atoms with van der Waals surface area (Å²) in [5, 5.41) is 2.79. The fourth-order valence-electron chi connectivity index (χ4n) is 2.12. The van der Waals surface area contributed by atoms with Crippen molar-refractivity contribution in [1.29, 1.82) is 0 Å². The quantitative estimate of drug-likeness (QED) is 0.890. The van der Waals surface area contributed by atoms with Crippen molar-refractivity contribution in [3.05, 3.63) is 48.5 Å². The van der Waals surface area contributed by atoms with Crippen molar-refractivity contribution in [3.63, 3.8) is 0 Å². The van der Waals surface area contributed by atoms with Crippen LogP contribution in [0.1, 0.15) is 5.69 Å². The highest BCUT2D eigenvalue weighted by Crippen LogP contribution is 2.11. The Morgan fingerprint density at radius 3 is 3.00 bits per heavy atom. The first-order valence-corrected chi connectivity index (χ1v) is 6.30. The van der Waals surface area contributed by atoms with Crippen LogP contribution in [0.5, 0.6) is 0 Å². The van der Waals surface area contributed by atoms with E-state index >= 15 is 0 Å². The topological polar surface area (TPSA) is 56.1 Å². The second kappa shape index (κ2) is 5.24. The van der Waals surface area contributed by atoms with Crippen molar-refractivity contribution in [3.8, 4) is 5.69 Å². The van der Waals surface area contributed by atoms with Crippen LogP contribution >= 0.6 is 0 Å². The van der Waals surface area contributed by atoms with Crippen molar-refractivity contribution in [1.82, 2.24) is 14.9 Å². The number of ether oxygens (including phenoxy) is 1. The van der Waals surface area contributed by atoms with Gasteiger partial charge >= 0.3 is 0 Å². The van der Waals surface area contributed by atoms with Gasteiger partial charge < -0.3 is 14.6 Å². The summed E-state index contributed by atoms with van der Waals surface area (Å²) < 4.78 is 7.39. The zero-order chi connectivity index (χ0) is 13.1. The van der Waals surface area contributed by atoms with Crippen LogP contribution in [0.15, 0.2) is 42.9 Å². The highest BCUT2D eigenvalue weighted by atomic mass is 16.5. The first kappa shape index (κ1) is 11.9. The highest BCUT2D eigenvalue weighted by Gasteiger charge is 2.23. The molecule has 1 aliphatic rings. The number of hydrogen-bond donors (Lipinski definition) is 1. The molecule has 1 unspecified atom stereocenters. The number of carbonyl (C=O) groups excluding carboxylic acids is 1. The van der Waals surface area contributed by atoms with Gasteiger partial charge in [0.25, 0.3) is 0 Å². The number of aromatic nitrogens is 2. The molecule has 5 heteroatoms. The Labute approximate surface area is 111 Å². The Hall–Kier alpha value is -2.14. The number of amides is 1. The van der Waals surface area contributed by atoms with Gasteiger partial charge in [-0.25, -0.2) is 4.98 Å². The Morgan fingerprint density at radius 2 is 2.21 bits per heavy atom. The molecule has 5 nitrogen and oxygen atoms in total. The Balaban J connectivity index is 1.73. The predicted molar refractivity (Wildman–Crippen MR) is 70.0 cm³/mol. The summed E-state index contributed by atoms with van der Waals surface area (Å²) in [6, 6.07) is 9.95. The van der Waals surface area contributed by atoms with Crippen LogP contribution in [0.4, 0.5) is 0 Å². The molecule has 2 aromatic rings. The lowest BCUT2D eigenvalue weighted by atomic mass is 10.2. The van der Waals surface area contributed by atoms with Crippen molar-refractivity contribution in [2.75, 3.05) is 13.2 Å². The van der Waals surface area contributed by atoms with Crippen LogP contribution in [0.25, 0.3) is 5.69 Å². The second-order valence-corrected chi connectivity index (χ2v) is 4.46. The van der Waals surface area contributed by atoms with E-state index in [9.17, 15) is 4.79 Å². The van der Waals surface area contributed by atoms with E-state index in [1.54, 1.807) is 6.33 Å². The Kier molecular flexibility index (Phi) is 3.29. The zero-order valence-corrected chi connectivity index (χ0v) is 10.5. The summed E-state index contributed by atoms with van der Waals surface area (Å²) >= 11 is 0. The standard InChI is InChI=1S/C14H15N3O2/c18-14-13(19-7-6-15-14)8-11-9-17(10-16-11)12-4-2-1-3-5-12/h1-5,9-10,13H,6-8H2,(H,15,18). The zero-order valence-electron chi connectivity index (χ0n) is 10.5. The monoisotopic (exact) mass is 257 g/mol. The maximum Gasteiger partial charge on any atom is 0.249 e. The van der Waals surface area contributed by atoms with Gasteiger partial charge in [0.1, 0.15) is 6.10 Å². The molecule has 0 spiro atoms. The fourth-order valence-corrected chi connectivity index (χ4v) is 2.12. The van der Waals surface area contributed by atoms with Gasteiger partial charge in [-0.2, -0.15) is 0 Å². The van der Waals surface area contributed by atoms with Crippen LogP contribution in [0.2, 0.25) is 0 Å². The molecule has 0 radical (unpaired) electrons. The molecule has 2 heterocycles. The summed E-state index contributed by atoms with van der Waals surface area (Å²) in [4.78, 5) is 15.9. The molecule has 1 saturated heterocycles. The lowest BCUT2D eigenvalue weighted by Crippen LogP contribution is -2.45. The van der Waals surface area contributed by atoms with E-state index in [0.717, 1.165) is 11.4 Å². The first-order chi connectivity index (χ1) is 9.33. The minimum atomic E-state index is -0.423. The Morgan fingerprint density at radius 1 is 1.37 bits per heavy atom. The van der Waals surface area contributed by atoms with Crippen LogP contribution in [-0.4, -0.2) is 34.7 Å². The third-order valence-electron chi connectivity index (χ3n) is 3.10. The molecule has 1 N–H and O–H groups in total. The number of carbonyl (C=O) groups is 1. The minimum Gasteiger partial charge on any atom is -0.366 e. The molecule has 1 aliphatic heterocycles. The third-order valence-corrected chi connectivity index (χ3v) is 3.10. The van der Waals surface area contributed by atoms with Gasteiger partial charge in [-0.15, -0.1) is 0 Å². The molecule has 1 fully saturated rings. The van der Waals surface area contributed by atoms with Crippen molar-refractivity contribution < 1.29 is 9.53 Å². The van der Waals surface area contributed by atoms with Crippen LogP contribution < -0.4 is 5.32 Å². The van der Waals surface area contributed by atoms with E-state index in [4.69, 9.17) is 4.74 Å². The van der Waals surface area contributed by atoms with Crippen LogP contribution in [-0.2, 0) is 16.0 Å². The molecular formula is C14H15N3O2. The van der Waals surface area contributed by atoms with Gasteiger partial charge in [0, 0.05) is 24.8 Å². The van der Waals surface area contributed by atoms with E-state index in [0.29, 0.717) is 19.6 Å². The number of morpholine rings is 1. The van der Waals surface area contributed by atoms with Gasteiger partial charge in [-0.1, -0.05) is 18.2 Å². The average molecular weight is 257 g/mol. The smallest absolute Gasteiger partial charge is 0.249 e. The molecule has 1 atom stereocenters. The van der Waals surface area contributed by atoms with Gasteiger partial charge in [0.05, 0.1) is 18.6 Å². The number of nitrogens with one attached hydrogen (secondary N) is 1. The lowest BCUT2D eigenvalue weighted by molar-refractivity contribution is -0.137.